The molecule has 1 saturated heterocycles. The topological polar surface area (TPSA) is 84.8 Å². The Morgan fingerprint density at radius 2 is 2.00 bits per heavy atom. The Bertz CT molecular complexity index is 1320. The van der Waals surface area contributed by atoms with Crippen molar-refractivity contribution >= 4 is 27.7 Å². The van der Waals surface area contributed by atoms with Crippen molar-refractivity contribution in [2.75, 3.05) is 26.2 Å². The van der Waals surface area contributed by atoms with Crippen molar-refractivity contribution in [1.82, 2.24) is 20.2 Å². The molecule has 166 valence electrons. The number of aromatic nitrogens is 2. The first-order valence-electron chi connectivity index (χ1n) is 11.6. The summed E-state index contributed by atoms with van der Waals surface area (Å²) in [6.07, 6.45) is 6.87. The Labute approximate surface area is 193 Å². The molecule has 0 bridgehead atoms. The van der Waals surface area contributed by atoms with E-state index < -0.39 is 0 Å². The van der Waals surface area contributed by atoms with Crippen LogP contribution in [0.4, 0.5) is 0 Å². The zero-order valence-electron chi connectivity index (χ0n) is 18.6. The van der Waals surface area contributed by atoms with Crippen molar-refractivity contribution in [3.8, 4) is 6.07 Å². The second-order valence-corrected chi connectivity index (χ2v) is 8.68. The lowest BCUT2D eigenvalue weighted by Crippen LogP contribution is -2.35. The van der Waals surface area contributed by atoms with E-state index in [4.69, 9.17) is 0 Å². The number of hydrogen-bond donors (Lipinski definition) is 2. The Kier molecular flexibility index (Phi) is 6.05. The molecule has 6 nitrogen and oxygen atoms in total. The number of aromatic amines is 1. The average molecular weight is 438 g/mol. The van der Waals surface area contributed by atoms with Crippen molar-refractivity contribution < 1.29 is 4.79 Å². The summed E-state index contributed by atoms with van der Waals surface area (Å²) in [7, 11) is 0. The molecule has 0 saturated carbocycles. The van der Waals surface area contributed by atoms with E-state index in [1.807, 2.05) is 42.5 Å². The van der Waals surface area contributed by atoms with Crippen LogP contribution in [0.5, 0.6) is 0 Å². The lowest BCUT2D eigenvalue weighted by molar-refractivity contribution is 0.0952. The Hall–Kier alpha value is -3.69. The van der Waals surface area contributed by atoms with Gasteiger partial charge in [-0.3, -0.25) is 9.78 Å². The van der Waals surface area contributed by atoms with Gasteiger partial charge in [0, 0.05) is 35.2 Å². The number of piperidine rings is 1. The average Bonchev–Trinajstić information content (AvgIpc) is 3.31. The predicted octanol–water partition coefficient (Wildman–Crippen LogP) is 4.59. The van der Waals surface area contributed by atoms with Crippen molar-refractivity contribution in [2.45, 2.75) is 25.2 Å². The Morgan fingerprint density at radius 3 is 2.85 bits per heavy atom. The summed E-state index contributed by atoms with van der Waals surface area (Å²) in [4.78, 5) is 22.8. The van der Waals surface area contributed by atoms with E-state index in [0.29, 0.717) is 18.0 Å². The second-order valence-electron chi connectivity index (χ2n) is 8.68. The summed E-state index contributed by atoms with van der Waals surface area (Å²) in [6.45, 7) is 3.70. The molecule has 33 heavy (non-hydrogen) atoms. The number of benzene rings is 2. The van der Waals surface area contributed by atoms with Gasteiger partial charge in [-0.2, -0.15) is 5.26 Å². The molecule has 0 spiro atoms. The lowest BCUT2D eigenvalue weighted by atomic mass is 9.88. The molecule has 1 aliphatic heterocycles. The number of likely N-dealkylation sites (tertiary alicyclic amines) is 1. The summed E-state index contributed by atoms with van der Waals surface area (Å²) < 4.78 is 0. The van der Waals surface area contributed by atoms with Gasteiger partial charge in [0.15, 0.2) is 0 Å². The van der Waals surface area contributed by atoms with Crippen molar-refractivity contribution in [1.29, 1.82) is 5.26 Å². The SMILES string of the molecule is N#Cc1cccc2[nH]cc(C3CCN(CCCNC(=O)c4ccnc5ccccc45)CC3)c12. The summed E-state index contributed by atoms with van der Waals surface area (Å²) in [5, 5.41) is 14.5. The number of para-hydroxylation sites is 1. The first kappa shape index (κ1) is 21.2. The Balaban J connectivity index is 1.12. The first-order valence-corrected chi connectivity index (χ1v) is 11.6. The first-order chi connectivity index (χ1) is 16.2. The van der Waals surface area contributed by atoms with Gasteiger partial charge in [0.25, 0.3) is 5.91 Å². The maximum atomic E-state index is 12.7. The van der Waals surface area contributed by atoms with E-state index in [1.54, 1.807) is 12.3 Å². The van der Waals surface area contributed by atoms with E-state index in [2.05, 4.69) is 32.5 Å². The van der Waals surface area contributed by atoms with Gasteiger partial charge in [-0.25, -0.2) is 0 Å². The summed E-state index contributed by atoms with van der Waals surface area (Å²) in [6, 6.07) is 17.7. The standard InChI is InChI=1S/C27H27N5O/c28-17-20-5-3-8-25-26(20)23(18-31-25)19-10-15-32(16-11-19)14-4-12-30-27(33)22-9-13-29-24-7-2-1-6-21(22)24/h1-3,5-9,13,18-19,31H,4,10-12,14-16H2,(H,30,33). The van der Waals surface area contributed by atoms with E-state index in [0.717, 1.165) is 66.3 Å². The third-order valence-electron chi connectivity index (χ3n) is 6.71. The zero-order valence-corrected chi connectivity index (χ0v) is 18.6. The number of nitrogens with one attached hydrogen (secondary N) is 2. The number of nitriles is 1. The molecule has 0 atom stereocenters. The van der Waals surface area contributed by atoms with Crippen LogP contribution in [0.3, 0.4) is 0 Å². The largest absolute Gasteiger partial charge is 0.361 e. The molecule has 2 aromatic carbocycles. The monoisotopic (exact) mass is 437 g/mol. The van der Waals surface area contributed by atoms with Gasteiger partial charge in [0.05, 0.1) is 22.7 Å². The molecule has 2 N–H and O–H groups in total. The molecule has 0 unspecified atom stereocenters. The van der Waals surface area contributed by atoms with Gasteiger partial charge in [-0.1, -0.05) is 24.3 Å². The van der Waals surface area contributed by atoms with Crippen LogP contribution in [-0.2, 0) is 0 Å². The number of H-pyrrole nitrogens is 1. The summed E-state index contributed by atoms with van der Waals surface area (Å²) in [5.74, 6) is 0.434. The zero-order chi connectivity index (χ0) is 22.6. The van der Waals surface area contributed by atoms with E-state index in [9.17, 15) is 10.1 Å². The van der Waals surface area contributed by atoms with Crippen molar-refractivity contribution in [3.05, 3.63) is 77.6 Å². The van der Waals surface area contributed by atoms with Crippen LogP contribution in [0, 0.1) is 11.3 Å². The maximum absolute atomic E-state index is 12.7. The highest BCUT2D eigenvalue weighted by Crippen LogP contribution is 2.34. The van der Waals surface area contributed by atoms with Crippen molar-refractivity contribution in [2.24, 2.45) is 0 Å². The normalized spacial score (nSPS) is 15.0. The van der Waals surface area contributed by atoms with Gasteiger partial charge >= 0.3 is 0 Å². The number of carbonyl (C=O) groups is 1. The quantitative estimate of drug-likeness (QED) is 0.432. The molecule has 3 heterocycles. The number of nitrogens with zero attached hydrogens (tertiary/aromatic N) is 3. The van der Waals surface area contributed by atoms with Gasteiger partial charge in [0.1, 0.15) is 0 Å². The second kappa shape index (κ2) is 9.43. The van der Waals surface area contributed by atoms with Crippen molar-refractivity contribution in [3.63, 3.8) is 0 Å². The molecule has 1 amide bonds. The highest BCUT2D eigenvalue weighted by Gasteiger charge is 2.23. The van der Waals surface area contributed by atoms with Crippen LogP contribution in [0.1, 0.15) is 46.7 Å². The van der Waals surface area contributed by atoms with Crippen LogP contribution in [0.2, 0.25) is 0 Å². The number of pyridine rings is 1. The van der Waals surface area contributed by atoms with Crippen LogP contribution >= 0.6 is 0 Å². The minimum absolute atomic E-state index is 0.0417. The summed E-state index contributed by atoms with van der Waals surface area (Å²) in [5.41, 5.74) is 4.59. The smallest absolute Gasteiger partial charge is 0.252 e. The van der Waals surface area contributed by atoms with Crippen LogP contribution in [-0.4, -0.2) is 47.0 Å². The van der Waals surface area contributed by atoms with E-state index >= 15 is 0 Å². The third kappa shape index (κ3) is 4.33. The molecule has 4 aromatic rings. The van der Waals surface area contributed by atoms with E-state index in [-0.39, 0.29) is 5.91 Å². The van der Waals surface area contributed by atoms with Gasteiger partial charge in [0.2, 0.25) is 0 Å². The maximum Gasteiger partial charge on any atom is 0.252 e. The summed E-state index contributed by atoms with van der Waals surface area (Å²) >= 11 is 0. The highest BCUT2D eigenvalue weighted by molar-refractivity contribution is 6.05. The number of rotatable bonds is 6. The molecule has 1 fully saturated rings. The molecule has 6 heteroatoms. The molecular formula is C27H27N5O. The molecular weight excluding hydrogens is 410 g/mol. The lowest BCUT2D eigenvalue weighted by Gasteiger charge is -2.32. The van der Waals surface area contributed by atoms with Gasteiger partial charge < -0.3 is 15.2 Å². The third-order valence-corrected chi connectivity index (χ3v) is 6.71. The van der Waals surface area contributed by atoms with Crippen LogP contribution in [0.25, 0.3) is 21.8 Å². The van der Waals surface area contributed by atoms with E-state index in [1.165, 1.54) is 5.56 Å². The fourth-order valence-corrected chi connectivity index (χ4v) is 4.99. The minimum atomic E-state index is -0.0417. The molecule has 0 radical (unpaired) electrons. The van der Waals surface area contributed by atoms with Gasteiger partial charge in [-0.05, 0) is 74.6 Å². The highest BCUT2D eigenvalue weighted by atomic mass is 16.1. The predicted molar refractivity (Wildman–Crippen MR) is 130 cm³/mol. The number of carbonyl (C=O) groups excluding carboxylic acids is 1. The van der Waals surface area contributed by atoms with Crippen LogP contribution in [0.15, 0.2) is 60.9 Å². The fourth-order valence-electron chi connectivity index (χ4n) is 4.99. The Morgan fingerprint density at radius 1 is 1.15 bits per heavy atom. The van der Waals surface area contributed by atoms with Crippen LogP contribution < -0.4 is 5.32 Å². The molecule has 5 rings (SSSR count). The molecule has 1 aliphatic rings. The molecule has 2 aromatic heterocycles. The molecule has 0 aliphatic carbocycles. The number of fused-ring (bicyclic) bond motifs is 2. The number of hydrogen-bond acceptors (Lipinski definition) is 4. The number of amides is 1. The minimum Gasteiger partial charge on any atom is -0.361 e. The van der Waals surface area contributed by atoms with Gasteiger partial charge in [-0.15, -0.1) is 0 Å². The fraction of sp³-hybridized carbons (Fsp3) is 0.296.